The van der Waals surface area contributed by atoms with Crippen LogP contribution in [0, 0.1) is 0 Å². The van der Waals surface area contributed by atoms with Crippen LogP contribution < -0.4 is 10.5 Å². The third-order valence-corrected chi connectivity index (χ3v) is 4.16. The molecule has 0 aliphatic heterocycles. The number of hydrogen-bond donors (Lipinski definition) is 2. The Morgan fingerprint density at radius 3 is 3.04 bits per heavy atom. The Bertz CT molecular complexity index is 1230. The van der Waals surface area contributed by atoms with Crippen molar-refractivity contribution in [2.45, 2.75) is 0 Å². The molecule has 2 N–H and O–H groups in total. The van der Waals surface area contributed by atoms with Gasteiger partial charge < -0.3 is 19.4 Å². The number of aromatic amines is 1. The number of aromatic nitrogens is 4. The lowest BCUT2D eigenvalue weighted by atomic mass is 10.3. The molecule has 4 aromatic rings. The van der Waals surface area contributed by atoms with Crippen molar-refractivity contribution in [2.24, 2.45) is 0 Å². The Labute approximate surface area is 147 Å². The zero-order valence-corrected chi connectivity index (χ0v) is 13.9. The summed E-state index contributed by atoms with van der Waals surface area (Å²) in [6.45, 7) is 3.36. The maximum Gasteiger partial charge on any atom is 0.259 e. The molecule has 0 aromatic carbocycles. The summed E-state index contributed by atoms with van der Waals surface area (Å²) in [4.78, 5) is 20.5. The molecule has 0 aliphatic rings. The van der Waals surface area contributed by atoms with Gasteiger partial charge in [-0.15, -0.1) is 10.8 Å². The second-order valence-electron chi connectivity index (χ2n) is 5.64. The van der Waals surface area contributed by atoms with Gasteiger partial charge in [-0.05, 0) is 24.3 Å². The van der Waals surface area contributed by atoms with Crippen molar-refractivity contribution >= 4 is 22.4 Å². The van der Waals surface area contributed by atoms with Crippen LogP contribution in [0.25, 0.3) is 28.1 Å². The Balaban J connectivity index is 1.87. The molecule has 130 valence electrons. The number of H-pyrrole nitrogens is 1. The molecule has 0 atom stereocenters. The number of likely N-dealkylation sites (N-methyl/N-ethyl adjacent to an activating group) is 1. The van der Waals surface area contributed by atoms with Crippen LogP contribution in [-0.2, 0) is 0 Å². The zero-order valence-electron chi connectivity index (χ0n) is 13.9. The third-order valence-electron chi connectivity index (χ3n) is 4.16. The standard InChI is InChI=1S/C18H15N5O3/c1-3-11(10-24)22(2)17-5-4-16-20-9-13(23(16)21-17)15-8-12-14(26-15)6-7-19-18(12)25/h4-9,24H,1,10H2,2H3,(H,19,25). The molecule has 0 aliphatic carbocycles. The molecule has 0 fully saturated rings. The van der Waals surface area contributed by atoms with Crippen molar-refractivity contribution in [2.75, 3.05) is 18.6 Å². The number of rotatable bonds is 4. The first-order valence-electron chi connectivity index (χ1n) is 7.82. The van der Waals surface area contributed by atoms with E-state index in [2.05, 4.69) is 27.4 Å². The second kappa shape index (κ2) is 6.03. The van der Waals surface area contributed by atoms with E-state index in [4.69, 9.17) is 4.42 Å². The van der Waals surface area contributed by atoms with Crippen LogP contribution in [0.5, 0.6) is 0 Å². The Morgan fingerprint density at radius 2 is 2.31 bits per heavy atom. The van der Waals surface area contributed by atoms with Gasteiger partial charge >= 0.3 is 0 Å². The highest BCUT2D eigenvalue weighted by atomic mass is 16.3. The van der Waals surface area contributed by atoms with Crippen molar-refractivity contribution in [3.05, 3.63) is 65.0 Å². The molecule has 0 amide bonds. The number of anilines is 1. The first-order chi connectivity index (χ1) is 12.6. The first-order valence-corrected chi connectivity index (χ1v) is 7.82. The van der Waals surface area contributed by atoms with E-state index in [1.54, 1.807) is 46.9 Å². The summed E-state index contributed by atoms with van der Waals surface area (Å²) in [5.74, 6) is 1.06. The van der Waals surface area contributed by atoms with Crippen molar-refractivity contribution in [3.63, 3.8) is 0 Å². The Morgan fingerprint density at radius 1 is 1.46 bits per heavy atom. The highest BCUT2D eigenvalue weighted by molar-refractivity contribution is 5.81. The number of pyridine rings is 1. The lowest BCUT2D eigenvalue weighted by Gasteiger charge is -2.18. The largest absolute Gasteiger partial charge is 0.454 e. The van der Waals surface area contributed by atoms with Crippen LogP contribution in [0.1, 0.15) is 0 Å². The molecule has 0 spiro atoms. The van der Waals surface area contributed by atoms with Gasteiger partial charge in [-0.2, -0.15) is 0 Å². The van der Waals surface area contributed by atoms with E-state index in [0.717, 1.165) is 0 Å². The summed E-state index contributed by atoms with van der Waals surface area (Å²) in [6.07, 6.45) is 3.17. The van der Waals surface area contributed by atoms with Gasteiger partial charge in [0.1, 0.15) is 11.3 Å². The van der Waals surface area contributed by atoms with E-state index < -0.39 is 0 Å². The Hall–Kier alpha value is -3.61. The van der Waals surface area contributed by atoms with E-state index in [-0.39, 0.29) is 12.2 Å². The summed E-state index contributed by atoms with van der Waals surface area (Å²) in [5.41, 5.74) is 4.68. The topological polar surface area (TPSA) is 99.7 Å². The maximum atomic E-state index is 11.9. The number of aliphatic hydroxyl groups is 1. The van der Waals surface area contributed by atoms with E-state index in [9.17, 15) is 9.90 Å². The third kappa shape index (κ3) is 2.41. The van der Waals surface area contributed by atoms with E-state index in [1.165, 1.54) is 6.20 Å². The summed E-state index contributed by atoms with van der Waals surface area (Å²) >= 11 is 0. The monoisotopic (exact) mass is 349 g/mol. The molecule has 0 saturated carbocycles. The lowest BCUT2D eigenvalue weighted by Crippen LogP contribution is -2.20. The Kier molecular flexibility index (Phi) is 3.69. The lowest BCUT2D eigenvalue weighted by molar-refractivity contribution is 0.328. The van der Waals surface area contributed by atoms with Crippen molar-refractivity contribution in [1.29, 1.82) is 0 Å². The minimum Gasteiger partial charge on any atom is -0.454 e. The number of nitrogens with one attached hydrogen (secondary N) is 1. The van der Waals surface area contributed by atoms with Crippen LogP contribution in [0.2, 0.25) is 0 Å². The van der Waals surface area contributed by atoms with Gasteiger partial charge in [0.15, 0.2) is 17.2 Å². The normalized spacial score (nSPS) is 11.0. The number of nitrogens with zero attached hydrogens (tertiary/aromatic N) is 4. The van der Waals surface area contributed by atoms with Crippen LogP contribution in [-0.4, -0.2) is 38.3 Å². The molecular formula is C18H15N5O3. The fourth-order valence-corrected chi connectivity index (χ4v) is 2.73. The number of hydrogen-bond acceptors (Lipinski definition) is 6. The van der Waals surface area contributed by atoms with Gasteiger partial charge in [-0.1, -0.05) is 6.58 Å². The molecule has 4 heterocycles. The van der Waals surface area contributed by atoms with Gasteiger partial charge in [-0.25, -0.2) is 9.50 Å². The summed E-state index contributed by atoms with van der Waals surface area (Å²) in [5, 5.41) is 14.4. The number of furan rings is 1. The summed E-state index contributed by atoms with van der Waals surface area (Å²) in [7, 11) is 1.76. The quantitative estimate of drug-likeness (QED) is 0.546. The first kappa shape index (κ1) is 15.9. The van der Waals surface area contributed by atoms with E-state index >= 15 is 0 Å². The average Bonchev–Trinajstić information content (AvgIpc) is 3.26. The predicted octanol–water partition coefficient (Wildman–Crippen LogP) is 1.93. The molecule has 26 heavy (non-hydrogen) atoms. The molecule has 4 aromatic heterocycles. The minimum atomic E-state index is -0.219. The molecule has 8 heteroatoms. The van der Waals surface area contributed by atoms with Gasteiger partial charge in [-0.3, -0.25) is 4.79 Å². The van der Waals surface area contributed by atoms with Gasteiger partial charge in [0.2, 0.25) is 0 Å². The maximum absolute atomic E-state index is 11.9. The van der Waals surface area contributed by atoms with Gasteiger partial charge in [0.05, 0.1) is 23.9 Å². The molecule has 0 bridgehead atoms. The number of imidazole rings is 1. The molecule has 0 unspecified atom stereocenters. The van der Waals surface area contributed by atoms with Crippen LogP contribution in [0.3, 0.4) is 0 Å². The average molecular weight is 349 g/mol. The van der Waals surface area contributed by atoms with Crippen molar-refractivity contribution in [1.82, 2.24) is 19.6 Å². The number of fused-ring (bicyclic) bond motifs is 2. The van der Waals surface area contributed by atoms with Crippen LogP contribution in [0.4, 0.5) is 5.82 Å². The van der Waals surface area contributed by atoms with Gasteiger partial charge in [0.25, 0.3) is 5.56 Å². The summed E-state index contributed by atoms with van der Waals surface area (Å²) in [6, 6.07) is 6.94. The molecule has 0 saturated heterocycles. The van der Waals surface area contributed by atoms with Crippen molar-refractivity contribution < 1.29 is 9.52 Å². The predicted molar refractivity (Wildman–Crippen MR) is 97.0 cm³/mol. The van der Waals surface area contributed by atoms with E-state index in [0.29, 0.717) is 39.6 Å². The molecule has 4 rings (SSSR count). The minimum absolute atomic E-state index is 0.206. The molecular weight excluding hydrogens is 334 g/mol. The smallest absolute Gasteiger partial charge is 0.259 e. The van der Waals surface area contributed by atoms with Gasteiger partial charge in [0, 0.05) is 13.2 Å². The number of aliphatic hydroxyl groups excluding tert-OH is 1. The fraction of sp³-hybridized carbons (Fsp3) is 0.111. The van der Waals surface area contributed by atoms with Crippen LogP contribution >= 0.6 is 0 Å². The van der Waals surface area contributed by atoms with Crippen molar-refractivity contribution in [3.8, 4) is 11.5 Å². The highest BCUT2D eigenvalue weighted by Crippen LogP contribution is 2.27. The molecule has 0 radical (unpaired) electrons. The fourth-order valence-electron chi connectivity index (χ4n) is 2.73. The second-order valence-corrected chi connectivity index (χ2v) is 5.64. The SMILES string of the molecule is C=C=C(CO)N(C)c1ccc2ncc(-c3cc4c(=O)[nH]ccc4o3)n2n1. The summed E-state index contributed by atoms with van der Waals surface area (Å²) < 4.78 is 7.41. The van der Waals surface area contributed by atoms with E-state index in [1.807, 2.05) is 0 Å². The van der Waals surface area contributed by atoms with Crippen LogP contribution in [0.15, 0.2) is 63.9 Å². The molecule has 8 nitrogen and oxygen atoms in total. The zero-order chi connectivity index (χ0) is 18.3. The highest BCUT2D eigenvalue weighted by Gasteiger charge is 2.15.